The van der Waals surface area contributed by atoms with Crippen LogP contribution in [-0.2, 0) is 0 Å². The minimum atomic E-state index is 0.553. The van der Waals surface area contributed by atoms with Gasteiger partial charge in [-0.2, -0.15) is 0 Å². The summed E-state index contributed by atoms with van der Waals surface area (Å²) in [5, 5.41) is 3.30. The van der Waals surface area contributed by atoms with Gasteiger partial charge in [-0.25, -0.2) is 0 Å². The Morgan fingerprint density at radius 1 is 1.28 bits per heavy atom. The van der Waals surface area contributed by atoms with Gasteiger partial charge in [-0.15, -0.1) is 0 Å². The van der Waals surface area contributed by atoms with E-state index in [0.29, 0.717) is 6.04 Å². The third kappa shape index (κ3) is 3.68. The summed E-state index contributed by atoms with van der Waals surface area (Å²) in [6.07, 6.45) is 2.66. The van der Waals surface area contributed by atoms with Gasteiger partial charge >= 0.3 is 0 Å². The smallest absolute Gasteiger partial charge is 0.0319 e. The van der Waals surface area contributed by atoms with E-state index in [1.54, 1.807) is 0 Å². The average Bonchev–Trinajstić information content (AvgIpc) is 2.40. The van der Waals surface area contributed by atoms with Gasteiger partial charge in [0.05, 0.1) is 0 Å². The Labute approximate surface area is 124 Å². The summed E-state index contributed by atoms with van der Waals surface area (Å²) in [7, 11) is 2.06. The van der Waals surface area contributed by atoms with E-state index >= 15 is 0 Å². The molecule has 1 aliphatic rings. The van der Waals surface area contributed by atoms with Gasteiger partial charge in [0.15, 0.2) is 0 Å². The van der Waals surface area contributed by atoms with Crippen LogP contribution in [0.1, 0.15) is 31.4 Å². The Morgan fingerprint density at radius 3 is 2.44 bits per heavy atom. The number of benzene rings is 1. The number of halogens is 1. The summed E-state index contributed by atoms with van der Waals surface area (Å²) in [6.45, 7) is 5.98. The van der Waals surface area contributed by atoms with Crippen molar-refractivity contribution in [1.29, 1.82) is 0 Å². The highest BCUT2D eigenvalue weighted by Crippen LogP contribution is 2.26. The zero-order chi connectivity index (χ0) is 13.0. The molecule has 1 fully saturated rings. The highest BCUT2D eigenvalue weighted by atomic mass is 127. The molecule has 18 heavy (non-hydrogen) atoms. The lowest BCUT2D eigenvalue weighted by Gasteiger charge is -2.36. The number of hydrogen-bond acceptors (Lipinski definition) is 2. The van der Waals surface area contributed by atoms with E-state index in [1.165, 1.54) is 41.6 Å². The summed E-state index contributed by atoms with van der Waals surface area (Å²) in [5.74, 6) is 0.871. The van der Waals surface area contributed by atoms with Crippen LogP contribution in [0.25, 0.3) is 0 Å². The minimum absolute atomic E-state index is 0.553. The zero-order valence-corrected chi connectivity index (χ0v) is 13.5. The van der Waals surface area contributed by atoms with Gasteiger partial charge in [0.25, 0.3) is 0 Å². The summed E-state index contributed by atoms with van der Waals surface area (Å²) in [6, 6.07) is 9.51. The van der Waals surface area contributed by atoms with Crippen molar-refractivity contribution >= 4 is 22.6 Å². The molecule has 0 bridgehead atoms. The third-order valence-corrected chi connectivity index (χ3v) is 4.76. The van der Waals surface area contributed by atoms with Crippen molar-refractivity contribution in [2.75, 3.05) is 26.7 Å². The van der Waals surface area contributed by atoms with Crippen LogP contribution >= 0.6 is 22.6 Å². The second kappa shape index (κ2) is 6.87. The molecule has 0 spiro atoms. The average molecular weight is 358 g/mol. The number of nitrogens with one attached hydrogen (secondary N) is 1. The van der Waals surface area contributed by atoms with Gasteiger partial charge in [0.2, 0.25) is 0 Å². The van der Waals surface area contributed by atoms with Crippen LogP contribution in [0.4, 0.5) is 0 Å². The first kappa shape index (κ1) is 14.3. The first-order valence-electron chi connectivity index (χ1n) is 6.85. The molecule has 1 heterocycles. The largest absolute Gasteiger partial charge is 0.319 e. The molecule has 0 aliphatic carbocycles. The van der Waals surface area contributed by atoms with E-state index in [9.17, 15) is 0 Å². The molecule has 0 saturated carbocycles. The molecule has 1 aromatic rings. The van der Waals surface area contributed by atoms with Crippen LogP contribution < -0.4 is 5.32 Å². The second-order valence-corrected chi connectivity index (χ2v) is 6.51. The fraction of sp³-hybridized carbons (Fsp3) is 0.600. The number of rotatable bonds is 4. The van der Waals surface area contributed by atoms with Crippen molar-refractivity contribution in [2.45, 2.75) is 25.8 Å². The summed E-state index contributed by atoms with van der Waals surface area (Å²) in [4.78, 5) is 2.62. The number of piperidine rings is 1. The standard InChI is InChI=1S/C15H23IN2/c1-12(14-3-5-15(16)6-4-14)18-9-7-13(8-10-18)11-17-2/h3-6,12-13,17H,7-11H2,1-2H3. The number of likely N-dealkylation sites (tertiary alicyclic amines) is 1. The molecule has 0 radical (unpaired) electrons. The highest BCUT2D eigenvalue weighted by Gasteiger charge is 2.22. The van der Waals surface area contributed by atoms with Crippen molar-refractivity contribution < 1.29 is 0 Å². The first-order valence-corrected chi connectivity index (χ1v) is 7.92. The summed E-state index contributed by atoms with van der Waals surface area (Å²) in [5.41, 5.74) is 1.45. The quantitative estimate of drug-likeness (QED) is 0.831. The Kier molecular flexibility index (Phi) is 5.45. The zero-order valence-electron chi connectivity index (χ0n) is 11.3. The van der Waals surface area contributed by atoms with E-state index in [0.717, 1.165) is 5.92 Å². The molecule has 1 unspecified atom stereocenters. The lowest BCUT2D eigenvalue weighted by molar-refractivity contribution is 0.141. The summed E-state index contributed by atoms with van der Waals surface area (Å²) >= 11 is 2.37. The maximum absolute atomic E-state index is 3.30. The Hall–Kier alpha value is -0.130. The van der Waals surface area contributed by atoms with Crippen LogP contribution in [0.3, 0.4) is 0 Å². The fourth-order valence-electron chi connectivity index (χ4n) is 2.79. The molecule has 100 valence electrons. The molecule has 1 aromatic carbocycles. The maximum Gasteiger partial charge on any atom is 0.0319 e. The molecule has 0 amide bonds. The van der Waals surface area contributed by atoms with Crippen LogP contribution in [0, 0.1) is 9.49 Å². The van der Waals surface area contributed by atoms with Gasteiger partial charge in [-0.3, -0.25) is 4.90 Å². The first-order chi connectivity index (χ1) is 8.70. The number of hydrogen-bond donors (Lipinski definition) is 1. The SMILES string of the molecule is CNCC1CCN(C(C)c2ccc(I)cc2)CC1. The van der Waals surface area contributed by atoms with E-state index in [-0.39, 0.29) is 0 Å². The van der Waals surface area contributed by atoms with Crippen molar-refractivity contribution in [3.8, 4) is 0 Å². The monoisotopic (exact) mass is 358 g/mol. The predicted molar refractivity (Wildman–Crippen MR) is 85.8 cm³/mol. The van der Waals surface area contributed by atoms with Crippen molar-refractivity contribution in [3.05, 3.63) is 33.4 Å². The predicted octanol–water partition coefficient (Wildman–Crippen LogP) is 3.28. The lowest BCUT2D eigenvalue weighted by Crippen LogP contribution is -2.38. The molecule has 2 rings (SSSR count). The molecule has 1 atom stereocenters. The normalized spacial score (nSPS) is 19.9. The molecule has 3 heteroatoms. The van der Waals surface area contributed by atoms with E-state index in [2.05, 4.69) is 71.0 Å². The Bertz CT molecular complexity index is 355. The molecule has 1 N–H and O–H groups in total. The van der Waals surface area contributed by atoms with Crippen molar-refractivity contribution in [1.82, 2.24) is 10.2 Å². The fourth-order valence-corrected chi connectivity index (χ4v) is 3.14. The van der Waals surface area contributed by atoms with Crippen LogP contribution in [0.5, 0.6) is 0 Å². The van der Waals surface area contributed by atoms with Gasteiger partial charge in [-0.05, 0) is 92.7 Å². The van der Waals surface area contributed by atoms with Crippen LogP contribution in [-0.4, -0.2) is 31.6 Å². The van der Waals surface area contributed by atoms with Crippen LogP contribution in [0.15, 0.2) is 24.3 Å². The molecule has 1 aliphatic heterocycles. The molecule has 1 saturated heterocycles. The van der Waals surface area contributed by atoms with Gasteiger partial charge < -0.3 is 5.32 Å². The summed E-state index contributed by atoms with van der Waals surface area (Å²) < 4.78 is 1.32. The molecular weight excluding hydrogens is 335 g/mol. The highest BCUT2D eigenvalue weighted by molar-refractivity contribution is 14.1. The van der Waals surface area contributed by atoms with Crippen molar-refractivity contribution in [2.24, 2.45) is 5.92 Å². The van der Waals surface area contributed by atoms with E-state index < -0.39 is 0 Å². The Morgan fingerprint density at radius 2 is 1.89 bits per heavy atom. The van der Waals surface area contributed by atoms with Crippen molar-refractivity contribution in [3.63, 3.8) is 0 Å². The molecule has 0 aromatic heterocycles. The molecule has 2 nitrogen and oxygen atoms in total. The van der Waals surface area contributed by atoms with Gasteiger partial charge in [0, 0.05) is 9.61 Å². The van der Waals surface area contributed by atoms with Crippen LogP contribution in [0.2, 0.25) is 0 Å². The topological polar surface area (TPSA) is 15.3 Å². The van der Waals surface area contributed by atoms with Gasteiger partial charge in [-0.1, -0.05) is 12.1 Å². The van der Waals surface area contributed by atoms with E-state index in [1.807, 2.05) is 0 Å². The Balaban J connectivity index is 1.91. The minimum Gasteiger partial charge on any atom is -0.319 e. The second-order valence-electron chi connectivity index (χ2n) is 5.26. The third-order valence-electron chi connectivity index (χ3n) is 4.04. The van der Waals surface area contributed by atoms with Gasteiger partial charge in [0.1, 0.15) is 0 Å². The maximum atomic E-state index is 3.30. The molecular formula is C15H23IN2. The lowest BCUT2D eigenvalue weighted by atomic mass is 9.94. The van der Waals surface area contributed by atoms with E-state index in [4.69, 9.17) is 0 Å². The number of nitrogens with zero attached hydrogens (tertiary/aromatic N) is 1.